The first-order valence-electron chi connectivity index (χ1n) is 11.0. The van der Waals surface area contributed by atoms with Crippen molar-refractivity contribution in [1.29, 1.82) is 0 Å². The van der Waals surface area contributed by atoms with Gasteiger partial charge in [-0.3, -0.25) is 9.59 Å². The molecule has 0 bridgehead atoms. The van der Waals surface area contributed by atoms with Crippen molar-refractivity contribution in [2.75, 3.05) is 11.9 Å². The van der Waals surface area contributed by atoms with E-state index in [0.717, 1.165) is 16.9 Å². The van der Waals surface area contributed by atoms with Crippen molar-refractivity contribution in [2.24, 2.45) is 0 Å². The van der Waals surface area contributed by atoms with E-state index in [4.69, 9.17) is 9.26 Å². The lowest BCUT2D eigenvalue weighted by molar-refractivity contribution is -0.147. The molecule has 0 saturated heterocycles. The molecule has 4 rings (SSSR count). The minimum absolute atomic E-state index is 0.0399. The predicted molar refractivity (Wildman–Crippen MR) is 125 cm³/mol. The van der Waals surface area contributed by atoms with Gasteiger partial charge in [0.05, 0.1) is 29.2 Å². The summed E-state index contributed by atoms with van der Waals surface area (Å²) >= 11 is 0. The standard InChI is InChI=1S/C25H24FN5O4/c1-15-4-10-20(11-5-15)31-17(3)24(16(2)29-31)27-21(32)14-34-23(33)13-12-22-28-25(30-35-22)18-6-8-19(26)9-7-18/h4-11H,12-14H2,1-3H3,(H,27,32). The number of anilines is 1. The molecule has 0 unspecified atom stereocenters. The molecule has 1 amide bonds. The highest BCUT2D eigenvalue weighted by molar-refractivity contribution is 5.93. The third-order valence-electron chi connectivity index (χ3n) is 5.31. The van der Waals surface area contributed by atoms with Gasteiger partial charge in [-0.15, -0.1) is 0 Å². The zero-order valence-electron chi connectivity index (χ0n) is 19.5. The molecule has 180 valence electrons. The molecule has 0 radical (unpaired) electrons. The molecule has 0 fully saturated rings. The van der Waals surface area contributed by atoms with Crippen LogP contribution in [-0.2, 0) is 20.7 Å². The fourth-order valence-electron chi connectivity index (χ4n) is 3.44. The third-order valence-corrected chi connectivity index (χ3v) is 5.31. The van der Waals surface area contributed by atoms with Gasteiger partial charge in [-0.05, 0) is 57.2 Å². The Hall–Kier alpha value is -4.34. The summed E-state index contributed by atoms with van der Waals surface area (Å²) in [6, 6.07) is 13.5. The second kappa shape index (κ2) is 10.3. The number of nitrogens with zero attached hydrogens (tertiary/aromatic N) is 4. The fourth-order valence-corrected chi connectivity index (χ4v) is 3.44. The first-order valence-corrected chi connectivity index (χ1v) is 11.0. The fraction of sp³-hybridized carbons (Fsp3) is 0.240. The van der Waals surface area contributed by atoms with E-state index in [0.29, 0.717) is 22.8 Å². The summed E-state index contributed by atoms with van der Waals surface area (Å²) in [5.41, 5.74) is 4.60. The number of rotatable bonds is 8. The number of benzene rings is 2. The highest BCUT2D eigenvalue weighted by atomic mass is 19.1. The maximum absolute atomic E-state index is 13.0. The number of aryl methyl sites for hydroxylation is 3. The molecule has 2 aromatic heterocycles. The van der Waals surface area contributed by atoms with Crippen LogP contribution in [0.1, 0.15) is 29.3 Å². The Bertz CT molecular complexity index is 1340. The van der Waals surface area contributed by atoms with Crippen molar-refractivity contribution >= 4 is 17.6 Å². The normalized spacial score (nSPS) is 10.9. The van der Waals surface area contributed by atoms with E-state index in [1.165, 1.54) is 24.3 Å². The van der Waals surface area contributed by atoms with Crippen molar-refractivity contribution in [3.05, 3.63) is 77.2 Å². The number of amides is 1. The minimum atomic E-state index is -0.578. The van der Waals surface area contributed by atoms with Gasteiger partial charge in [-0.1, -0.05) is 22.9 Å². The van der Waals surface area contributed by atoms with Crippen LogP contribution in [0.3, 0.4) is 0 Å². The number of hydrogen-bond donors (Lipinski definition) is 1. The zero-order valence-corrected chi connectivity index (χ0v) is 19.5. The van der Waals surface area contributed by atoms with Crippen LogP contribution in [0.4, 0.5) is 10.1 Å². The first kappa shape index (κ1) is 23.8. The van der Waals surface area contributed by atoms with Crippen LogP contribution in [0.15, 0.2) is 53.1 Å². The quantitative estimate of drug-likeness (QED) is 0.380. The van der Waals surface area contributed by atoms with Crippen LogP contribution in [-0.4, -0.2) is 38.4 Å². The van der Waals surface area contributed by atoms with Crippen molar-refractivity contribution in [3.63, 3.8) is 0 Å². The van der Waals surface area contributed by atoms with Gasteiger partial charge in [0.25, 0.3) is 5.91 Å². The van der Waals surface area contributed by atoms with Crippen LogP contribution in [0.25, 0.3) is 17.1 Å². The molecule has 10 heteroatoms. The molecule has 9 nitrogen and oxygen atoms in total. The van der Waals surface area contributed by atoms with Gasteiger partial charge in [-0.2, -0.15) is 10.1 Å². The molecule has 0 spiro atoms. The molecule has 1 N–H and O–H groups in total. The lowest BCUT2D eigenvalue weighted by atomic mass is 10.2. The minimum Gasteiger partial charge on any atom is -0.456 e. The number of carbonyl (C=O) groups is 2. The van der Waals surface area contributed by atoms with E-state index in [-0.39, 0.29) is 24.5 Å². The topological polar surface area (TPSA) is 112 Å². The van der Waals surface area contributed by atoms with E-state index >= 15 is 0 Å². The van der Waals surface area contributed by atoms with Crippen molar-refractivity contribution in [2.45, 2.75) is 33.6 Å². The van der Waals surface area contributed by atoms with Gasteiger partial charge < -0.3 is 14.6 Å². The first-order chi connectivity index (χ1) is 16.8. The summed E-state index contributed by atoms with van der Waals surface area (Å²) < 4.78 is 25.0. The molecule has 35 heavy (non-hydrogen) atoms. The SMILES string of the molecule is Cc1ccc(-n2nc(C)c(NC(=O)COC(=O)CCc3nc(-c4ccc(F)cc4)no3)c2C)cc1. The van der Waals surface area contributed by atoms with Gasteiger partial charge in [0.2, 0.25) is 11.7 Å². The number of halogens is 1. The highest BCUT2D eigenvalue weighted by Crippen LogP contribution is 2.23. The van der Waals surface area contributed by atoms with Crippen LogP contribution in [0.5, 0.6) is 0 Å². The van der Waals surface area contributed by atoms with Crippen molar-refractivity contribution < 1.29 is 23.2 Å². The molecular formula is C25H24FN5O4. The van der Waals surface area contributed by atoms with Crippen molar-refractivity contribution in [3.8, 4) is 17.1 Å². The van der Waals surface area contributed by atoms with Crippen LogP contribution < -0.4 is 5.32 Å². The molecule has 0 saturated carbocycles. The molecule has 4 aromatic rings. The summed E-state index contributed by atoms with van der Waals surface area (Å²) in [7, 11) is 0. The number of esters is 1. The lowest BCUT2D eigenvalue weighted by Gasteiger charge is -2.08. The van der Waals surface area contributed by atoms with Crippen LogP contribution >= 0.6 is 0 Å². The van der Waals surface area contributed by atoms with Gasteiger partial charge in [0.15, 0.2) is 6.61 Å². The average molecular weight is 477 g/mol. The molecule has 0 aliphatic rings. The van der Waals surface area contributed by atoms with Crippen LogP contribution in [0, 0.1) is 26.6 Å². The largest absolute Gasteiger partial charge is 0.456 e. The Morgan fingerprint density at radius 2 is 1.77 bits per heavy atom. The van der Waals surface area contributed by atoms with Gasteiger partial charge >= 0.3 is 5.97 Å². The van der Waals surface area contributed by atoms with E-state index < -0.39 is 18.5 Å². The summed E-state index contributed by atoms with van der Waals surface area (Å²) in [6.45, 7) is 5.22. The monoisotopic (exact) mass is 477 g/mol. The van der Waals surface area contributed by atoms with Gasteiger partial charge in [0.1, 0.15) is 5.82 Å². The number of hydrogen-bond acceptors (Lipinski definition) is 7. The number of aromatic nitrogens is 4. The number of carbonyl (C=O) groups excluding carboxylic acids is 2. The second-order valence-corrected chi connectivity index (χ2v) is 8.02. The Morgan fingerprint density at radius 1 is 1.06 bits per heavy atom. The van der Waals surface area contributed by atoms with E-state index in [1.54, 1.807) is 11.6 Å². The third kappa shape index (κ3) is 5.78. The summed E-state index contributed by atoms with van der Waals surface area (Å²) in [5.74, 6) is -0.880. The van der Waals surface area contributed by atoms with E-state index in [9.17, 15) is 14.0 Å². The molecule has 0 aliphatic carbocycles. The maximum Gasteiger partial charge on any atom is 0.306 e. The Labute approximate surface area is 200 Å². The number of nitrogens with one attached hydrogen (secondary N) is 1. The van der Waals surface area contributed by atoms with E-state index in [2.05, 4.69) is 20.6 Å². The summed E-state index contributed by atoms with van der Waals surface area (Å²) in [6.07, 6.45) is 0.109. The van der Waals surface area contributed by atoms with Gasteiger partial charge in [0, 0.05) is 12.0 Å². The lowest BCUT2D eigenvalue weighted by Crippen LogP contribution is -2.21. The smallest absolute Gasteiger partial charge is 0.306 e. The maximum atomic E-state index is 13.0. The Morgan fingerprint density at radius 3 is 2.49 bits per heavy atom. The predicted octanol–water partition coefficient (Wildman–Crippen LogP) is 4.10. The molecule has 2 heterocycles. The molecule has 2 aromatic carbocycles. The highest BCUT2D eigenvalue weighted by Gasteiger charge is 2.17. The zero-order chi connectivity index (χ0) is 24.9. The van der Waals surface area contributed by atoms with E-state index in [1.807, 2.05) is 38.1 Å². The molecule has 0 atom stereocenters. The molecule has 0 aliphatic heterocycles. The Kier molecular flexibility index (Phi) is 7.00. The van der Waals surface area contributed by atoms with Crippen molar-refractivity contribution in [1.82, 2.24) is 19.9 Å². The van der Waals surface area contributed by atoms with Crippen LogP contribution in [0.2, 0.25) is 0 Å². The summed E-state index contributed by atoms with van der Waals surface area (Å²) in [5, 5.41) is 11.1. The Balaban J connectivity index is 1.27. The molecular weight excluding hydrogens is 453 g/mol. The van der Waals surface area contributed by atoms with Gasteiger partial charge in [-0.25, -0.2) is 9.07 Å². The average Bonchev–Trinajstić information content (AvgIpc) is 3.43. The summed E-state index contributed by atoms with van der Waals surface area (Å²) in [4.78, 5) is 28.7. The number of ether oxygens (including phenoxy) is 1. The second-order valence-electron chi connectivity index (χ2n) is 8.02.